The maximum Gasteiger partial charge on any atom is 0.417 e. The molecule has 1 saturated heterocycles. The number of hydrogen-bond acceptors (Lipinski definition) is 4. The largest absolute Gasteiger partial charge is 0.417 e. The molecule has 0 bridgehead atoms. The van der Waals surface area contributed by atoms with Gasteiger partial charge in [-0.1, -0.05) is 25.1 Å². The highest BCUT2D eigenvalue weighted by molar-refractivity contribution is 6.06. The Morgan fingerprint density at radius 1 is 1.13 bits per heavy atom. The summed E-state index contributed by atoms with van der Waals surface area (Å²) in [6.07, 6.45) is -2.99. The highest BCUT2D eigenvalue weighted by Crippen LogP contribution is 2.37. The lowest BCUT2D eigenvalue weighted by Gasteiger charge is -2.34. The number of alkyl halides is 3. The highest BCUT2D eigenvalue weighted by Gasteiger charge is 2.34. The third kappa shape index (κ3) is 3.65. The van der Waals surface area contributed by atoms with Gasteiger partial charge in [0, 0.05) is 38.8 Å². The van der Waals surface area contributed by atoms with Gasteiger partial charge in [0.05, 0.1) is 28.4 Å². The number of pyridine rings is 1. The average molecular weight is 417 g/mol. The number of halogens is 3. The molecule has 3 heterocycles. The lowest BCUT2D eigenvalue weighted by atomic mass is 10.0. The normalized spacial score (nSPS) is 15.7. The van der Waals surface area contributed by atoms with Crippen molar-refractivity contribution in [1.29, 1.82) is 0 Å². The summed E-state index contributed by atoms with van der Waals surface area (Å²) >= 11 is 0. The Labute approximate surface area is 171 Å². The first-order valence-electron chi connectivity index (χ1n) is 9.80. The summed E-state index contributed by atoms with van der Waals surface area (Å²) < 4.78 is 42.2. The molecular formula is C21H22F3N5O. The number of aromatic nitrogens is 3. The van der Waals surface area contributed by atoms with Crippen LogP contribution < -0.4 is 0 Å². The Bertz CT molecular complexity index is 1080. The molecule has 3 aromatic rings. The number of rotatable bonds is 3. The van der Waals surface area contributed by atoms with Gasteiger partial charge in [0.2, 0.25) is 0 Å². The van der Waals surface area contributed by atoms with E-state index in [9.17, 15) is 18.0 Å². The van der Waals surface area contributed by atoms with Gasteiger partial charge in [-0.3, -0.25) is 9.48 Å². The van der Waals surface area contributed by atoms with Gasteiger partial charge in [0.25, 0.3) is 5.91 Å². The number of fused-ring (bicyclic) bond motifs is 1. The topological polar surface area (TPSA) is 54.3 Å². The first-order chi connectivity index (χ1) is 14.3. The summed E-state index contributed by atoms with van der Waals surface area (Å²) in [5, 5.41) is 4.70. The second-order valence-electron chi connectivity index (χ2n) is 7.33. The molecule has 0 spiro atoms. The number of carbonyl (C=O) groups is 1. The lowest BCUT2D eigenvalue weighted by molar-refractivity contribution is -0.137. The summed E-state index contributed by atoms with van der Waals surface area (Å²) in [7, 11) is 1.66. The zero-order valence-electron chi connectivity index (χ0n) is 16.8. The summed E-state index contributed by atoms with van der Waals surface area (Å²) in [6, 6.07) is 6.74. The summed E-state index contributed by atoms with van der Waals surface area (Å²) in [4.78, 5) is 21.7. The van der Waals surface area contributed by atoms with Gasteiger partial charge in [-0.05, 0) is 18.7 Å². The van der Waals surface area contributed by atoms with E-state index in [1.54, 1.807) is 11.9 Å². The summed E-state index contributed by atoms with van der Waals surface area (Å²) in [6.45, 7) is 5.68. The zero-order chi connectivity index (χ0) is 21.5. The van der Waals surface area contributed by atoms with E-state index in [1.807, 2.05) is 0 Å². The van der Waals surface area contributed by atoms with Crippen LogP contribution in [0.3, 0.4) is 0 Å². The number of piperazine rings is 1. The van der Waals surface area contributed by atoms with E-state index in [4.69, 9.17) is 0 Å². The van der Waals surface area contributed by atoms with Crippen molar-refractivity contribution in [2.45, 2.75) is 13.1 Å². The van der Waals surface area contributed by atoms with E-state index in [-0.39, 0.29) is 17.2 Å². The Morgan fingerprint density at radius 2 is 1.83 bits per heavy atom. The molecule has 0 aliphatic carbocycles. The fourth-order valence-corrected chi connectivity index (χ4v) is 3.82. The summed E-state index contributed by atoms with van der Waals surface area (Å²) in [5.74, 6) is -0.211. The number of hydrogen-bond donors (Lipinski definition) is 0. The molecule has 2 aromatic heterocycles. The molecule has 30 heavy (non-hydrogen) atoms. The van der Waals surface area contributed by atoms with Crippen molar-refractivity contribution in [3.8, 4) is 11.3 Å². The molecule has 0 radical (unpaired) electrons. The number of amides is 1. The fraction of sp³-hybridized carbons (Fsp3) is 0.381. The highest BCUT2D eigenvalue weighted by atomic mass is 19.4. The third-order valence-corrected chi connectivity index (χ3v) is 5.55. The minimum Gasteiger partial charge on any atom is -0.336 e. The van der Waals surface area contributed by atoms with Crippen LogP contribution in [0.15, 0.2) is 36.5 Å². The maximum atomic E-state index is 13.6. The van der Waals surface area contributed by atoms with Crippen LogP contribution in [0.25, 0.3) is 22.3 Å². The van der Waals surface area contributed by atoms with Gasteiger partial charge < -0.3 is 9.80 Å². The molecule has 1 aliphatic heterocycles. The van der Waals surface area contributed by atoms with Crippen LogP contribution in [0.2, 0.25) is 0 Å². The average Bonchev–Trinajstić information content (AvgIpc) is 3.13. The number of likely N-dealkylation sites (N-methyl/N-ethyl adjacent to an activating group) is 1. The van der Waals surface area contributed by atoms with Gasteiger partial charge in [-0.2, -0.15) is 18.3 Å². The van der Waals surface area contributed by atoms with Crippen LogP contribution in [0.4, 0.5) is 13.2 Å². The number of benzene rings is 1. The standard InChI is InChI=1S/C21H22F3N5O/c1-3-28-8-10-29(11-9-28)20(30)15-12-18(26-19-16(15)13-25-27(19)2)14-6-4-5-7-17(14)21(22,23)24/h4-7,12-13H,3,8-11H2,1-2H3. The number of carbonyl (C=O) groups excluding carboxylic acids is 1. The second kappa shape index (κ2) is 7.71. The van der Waals surface area contributed by atoms with E-state index in [0.717, 1.165) is 25.7 Å². The predicted molar refractivity (Wildman–Crippen MR) is 107 cm³/mol. The SMILES string of the molecule is CCN1CCN(C(=O)c2cc(-c3ccccc3C(F)(F)F)nc3c2cnn3C)CC1. The van der Waals surface area contributed by atoms with Crippen LogP contribution in [0, 0.1) is 0 Å². The third-order valence-electron chi connectivity index (χ3n) is 5.55. The van der Waals surface area contributed by atoms with Crippen LogP contribution >= 0.6 is 0 Å². The predicted octanol–water partition coefficient (Wildman–Crippen LogP) is 3.43. The monoisotopic (exact) mass is 417 g/mol. The molecule has 1 aliphatic rings. The Balaban J connectivity index is 1.82. The molecule has 0 unspecified atom stereocenters. The molecule has 1 amide bonds. The minimum atomic E-state index is -4.53. The quantitative estimate of drug-likeness (QED) is 0.655. The molecule has 1 aromatic carbocycles. The van der Waals surface area contributed by atoms with E-state index in [2.05, 4.69) is 21.9 Å². The molecule has 0 atom stereocenters. The van der Waals surface area contributed by atoms with Gasteiger partial charge in [0.15, 0.2) is 5.65 Å². The van der Waals surface area contributed by atoms with E-state index in [0.29, 0.717) is 29.7 Å². The molecule has 9 heteroatoms. The molecule has 4 rings (SSSR count). The van der Waals surface area contributed by atoms with E-state index < -0.39 is 11.7 Å². The number of aryl methyl sites for hydroxylation is 1. The number of nitrogens with zero attached hydrogens (tertiary/aromatic N) is 5. The molecular weight excluding hydrogens is 395 g/mol. The van der Waals surface area contributed by atoms with Crippen molar-refractivity contribution >= 4 is 16.9 Å². The Morgan fingerprint density at radius 3 is 2.50 bits per heavy atom. The molecule has 0 saturated carbocycles. The van der Waals surface area contributed by atoms with Crippen LogP contribution in [-0.2, 0) is 13.2 Å². The first kappa shape index (κ1) is 20.3. The van der Waals surface area contributed by atoms with Gasteiger partial charge in [-0.15, -0.1) is 0 Å². The summed E-state index contributed by atoms with van der Waals surface area (Å²) in [5.41, 5.74) is -0.0356. The smallest absolute Gasteiger partial charge is 0.336 e. The fourth-order valence-electron chi connectivity index (χ4n) is 3.82. The van der Waals surface area contributed by atoms with Crippen LogP contribution in [0.1, 0.15) is 22.8 Å². The van der Waals surface area contributed by atoms with E-state index in [1.165, 1.54) is 35.1 Å². The van der Waals surface area contributed by atoms with Gasteiger partial charge >= 0.3 is 6.18 Å². The molecule has 1 fully saturated rings. The van der Waals surface area contributed by atoms with Crippen molar-refractivity contribution in [3.05, 3.63) is 47.7 Å². The van der Waals surface area contributed by atoms with Crippen molar-refractivity contribution < 1.29 is 18.0 Å². The lowest BCUT2D eigenvalue weighted by Crippen LogP contribution is -2.48. The van der Waals surface area contributed by atoms with Crippen molar-refractivity contribution in [2.75, 3.05) is 32.7 Å². The van der Waals surface area contributed by atoms with Crippen molar-refractivity contribution in [3.63, 3.8) is 0 Å². The van der Waals surface area contributed by atoms with Crippen LogP contribution in [0.5, 0.6) is 0 Å². The molecule has 0 N–H and O–H groups in total. The maximum absolute atomic E-state index is 13.6. The van der Waals surface area contributed by atoms with Crippen molar-refractivity contribution in [2.24, 2.45) is 7.05 Å². The Hall–Kier alpha value is -2.94. The molecule has 158 valence electrons. The minimum absolute atomic E-state index is 0.0575. The van der Waals surface area contributed by atoms with Crippen molar-refractivity contribution in [1.82, 2.24) is 24.6 Å². The van der Waals surface area contributed by atoms with Gasteiger partial charge in [-0.25, -0.2) is 4.98 Å². The second-order valence-corrected chi connectivity index (χ2v) is 7.33. The van der Waals surface area contributed by atoms with Gasteiger partial charge in [0.1, 0.15) is 0 Å². The Kier molecular flexibility index (Phi) is 5.23. The van der Waals surface area contributed by atoms with E-state index >= 15 is 0 Å². The first-order valence-corrected chi connectivity index (χ1v) is 9.80. The zero-order valence-corrected chi connectivity index (χ0v) is 16.8. The molecule has 6 nitrogen and oxygen atoms in total. The van der Waals surface area contributed by atoms with Crippen LogP contribution in [-0.4, -0.2) is 63.2 Å².